The minimum atomic E-state index is 0.990. The van der Waals surface area contributed by atoms with E-state index in [9.17, 15) is 0 Å². The molecular weight excluding hydrogens is 148 g/mol. The topological polar surface area (TPSA) is 17.8 Å². The van der Waals surface area contributed by atoms with Crippen molar-refractivity contribution in [3.05, 3.63) is 42.7 Å². The van der Waals surface area contributed by atoms with E-state index in [-0.39, 0.29) is 0 Å². The van der Waals surface area contributed by atoms with Crippen molar-refractivity contribution in [3.63, 3.8) is 0 Å². The molecule has 0 atom stereocenters. The Labute approximate surface area is 71.5 Å². The van der Waals surface area contributed by atoms with Gasteiger partial charge in [0.2, 0.25) is 0 Å². The van der Waals surface area contributed by atoms with Crippen molar-refractivity contribution in [2.45, 2.75) is 0 Å². The van der Waals surface area contributed by atoms with Crippen LogP contribution in [0.2, 0.25) is 0 Å². The van der Waals surface area contributed by atoms with E-state index in [4.69, 9.17) is 0 Å². The van der Waals surface area contributed by atoms with E-state index in [1.54, 1.807) is 6.20 Å². The van der Waals surface area contributed by atoms with Gasteiger partial charge in [0.25, 0.3) is 0 Å². The zero-order valence-corrected chi connectivity index (χ0v) is 6.86. The summed E-state index contributed by atoms with van der Waals surface area (Å²) in [5.74, 6) is 0.990. The number of benzene rings is 1. The molecule has 0 unspecified atom stereocenters. The van der Waals surface area contributed by atoms with Gasteiger partial charge in [0.15, 0.2) is 0 Å². The second-order valence-electron chi connectivity index (χ2n) is 2.65. The first kappa shape index (κ1) is 7.10. The van der Waals surface area contributed by atoms with Crippen molar-refractivity contribution in [3.8, 4) is 11.4 Å². The molecule has 1 heterocycles. The van der Waals surface area contributed by atoms with E-state index >= 15 is 0 Å². The minimum absolute atomic E-state index is 0.990. The molecule has 1 aromatic heterocycles. The van der Waals surface area contributed by atoms with Gasteiger partial charge < -0.3 is 4.57 Å². The Balaban J connectivity index is 2.51. The number of hydrogen-bond acceptors (Lipinski definition) is 1. The predicted octanol–water partition coefficient (Wildman–Crippen LogP) is 1.89. The van der Waals surface area contributed by atoms with E-state index in [1.165, 1.54) is 0 Å². The fraction of sp³-hybridized carbons (Fsp3) is 0.100. The summed E-state index contributed by atoms with van der Waals surface area (Å²) in [5, 5.41) is 0. The van der Waals surface area contributed by atoms with Gasteiger partial charge in [-0.05, 0) is 6.07 Å². The maximum absolute atomic E-state index is 4.24. The monoisotopic (exact) mass is 157 g/mol. The molecule has 0 amide bonds. The minimum Gasteiger partial charge on any atom is -0.334 e. The fourth-order valence-electron chi connectivity index (χ4n) is 1.18. The lowest BCUT2D eigenvalue weighted by Gasteiger charge is -1.99. The van der Waals surface area contributed by atoms with Gasteiger partial charge in [0.1, 0.15) is 5.82 Å². The van der Waals surface area contributed by atoms with Gasteiger partial charge in [0.05, 0.1) is 0 Å². The quantitative estimate of drug-likeness (QED) is 0.618. The van der Waals surface area contributed by atoms with Crippen molar-refractivity contribution in [1.29, 1.82) is 0 Å². The first-order chi connectivity index (χ1) is 5.88. The Morgan fingerprint density at radius 2 is 2.08 bits per heavy atom. The number of rotatable bonds is 1. The van der Waals surface area contributed by atoms with Crippen molar-refractivity contribution in [2.24, 2.45) is 7.05 Å². The van der Waals surface area contributed by atoms with E-state index in [0.717, 1.165) is 11.4 Å². The molecule has 2 nitrogen and oxygen atoms in total. The second kappa shape index (κ2) is 2.81. The van der Waals surface area contributed by atoms with E-state index in [2.05, 4.69) is 11.1 Å². The summed E-state index contributed by atoms with van der Waals surface area (Å²) in [7, 11) is 1.99. The highest BCUT2D eigenvalue weighted by molar-refractivity contribution is 5.54. The Bertz CT molecular complexity index is 362. The van der Waals surface area contributed by atoms with Crippen LogP contribution in [0.3, 0.4) is 0 Å². The third-order valence-corrected chi connectivity index (χ3v) is 1.80. The average Bonchev–Trinajstić information content (AvgIpc) is 2.53. The third kappa shape index (κ3) is 1.11. The van der Waals surface area contributed by atoms with Gasteiger partial charge >= 0.3 is 0 Å². The first-order valence-electron chi connectivity index (χ1n) is 3.82. The summed E-state index contributed by atoms with van der Waals surface area (Å²) in [6.07, 6.45) is 3.73. The highest BCUT2D eigenvalue weighted by Gasteiger charge is 1.99. The molecule has 59 valence electrons. The molecule has 0 fully saturated rings. The highest BCUT2D eigenvalue weighted by Crippen LogP contribution is 2.14. The van der Waals surface area contributed by atoms with Crippen molar-refractivity contribution < 1.29 is 0 Å². The normalized spacial score (nSPS) is 10.1. The van der Waals surface area contributed by atoms with Crippen LogP contribution in [-0.2, 0) is 7.05 Å². The van der Waals surface area contributed by atoms with Crippen LogP contribution in [0.5, 0.6) is 0 Å². The number of aryl methyl sites for hydroxylation is 1. The summed E-state index contributed by atoms with van der Waals surface area (Å²) < 4.78 is 2.00. The molecule has 0 aliphatic heterocycles. The van der Waals surface area contributed by atoms with Crippen molar-refractivity contribution in [1.82, 2.24) is 9.55 Å². The largest absolute Gasteiger partial charge is 0.334 e. The van der Waals surface area contributed by atoms with Gasteiger partial charge in [-0.1, -0.05) is 24.3 Å². The number of aromatic nitrogens is 2. The highest BCUT2D eigenvalue weighted by atomic mass is 15.0. The Hall–Kier alpha value is -1.57. The first-order valence-corrected chi connectivity index (χ1v) is 3.82. The van der Waals surface area contributed by atoms with Gasteiger partial charge in [-0.15, -0.1) is 0 Å². The Kier molecular flexibility index (Phi) is 1.67. The van der Waals surface area contributed by atoms with Gasteiger partial charge in [-0.2, -0.15) is 0 Å². The van der Waals surface area contributed by atoms with E-state index < -0.39 is 0 Å². The summed E-state index contributed by atoms with van der Waals surface area (Å²) in [6.45, 7) is 0. The summed E-state index contributed by atoms with van der Waals surface area (Å²) in [6, 6.07) is 10.8. The third-order valence-electron chi connectivity index (χ3n) is 1.80. The molecule has 0 saturated carbocycles. The zero-order chi connectivity index (χ0) is 8.39. The molecule has 0 spiro atoms. The molecule has 1 aromatic carbocycles. The lowest BCUT2D eigenvalue weighted by molar-refractivity contribution is 0.925. The van der Waals surface area contributed by atoms with Crippen LogP contribution in [0.1, 0.15) is 0 Å². The van der Waals surface area contributed by atoms with Crippen LogP contribution in [0.4, 0.5) is 0 Å². The van der Waals surface area contributed by atoms with E-state index in [0.29, 0.717) is 0 Å². The van der Waals surface area contributed by atoms with Crippen molar-refractivity contribution in [2.75, 3.05) is 0 Å². The molecule has 2 aromatic rings. The Morgan fingerprint density at radius 3 is 2.67 bits per heavy atom. The van der Waals surface area contributed by atoms with Crippen LogP contribution >= 0.6 is 0 Å². The molecule has 0 aliphatic rings. The second-order valence-corrected chi connectivity index (χ2v) is 2.65. The maximum Gasteiger partial charge on any atom is 0.139 e. The SMILES string of the molecule is Cn1ccnc1-c1cc[c]cc1. The van der Waals surface area contributed by atoms with Crippen LogP contribution in [0, 0.1) is 6.07 Å². The summed E-state index contributed by atoms with van der Waals surface area (Å²) in [5.41, 5.74) is 1.13. The van der Waals surface area contributed by atoms with Crippen LogP contribution in [-0.4, -0.2) is 9.55 Å². The number of imidazole rings is 1. The molecule has 12 heavy (non-hydrogen) atoms. The van der Waals surface area contributed by atoms with Gasteiger partial charge in [-0.25, -0.2) is 4.98 Å². The molecular formula is C10H9N2. The molecule has 1 radical (unpaired) electrons. The number of nitrogens with zero attached hydrogens (tertiary/aromatic N) is 2. The molecule has 2 rings (SSSR count). The van der Waals surface area contributed by atoms with Crippen LogP contribution in [0.25, 0.3) is 11.4 Å². The standard InChI is InChI=1S/C10H9N2/c1-12-8-7-11-10(12)9-5-3-2-4-6-9/h3-8H,1H3. The smallest absolute Gasteiger partial charge is 0.139 e. The molecule has 0 N–H and O–H groups in total. The van der Waals surface area contributed by atoms with Crippen molar-refractivity contribution >= 4 is 0 Å². The molecule has 0 aliphatic carbocycles. The predicted molar refractivity (Wildman–Crippen MR) is 47.5 cm³/mol. The lowest BCUT2D eigenvalue weighted by Crippen LogP contribution is -1.90. The van der Waals surface area contributed by atoms with Gasteiger partial charge in [0, 0.05) is 25.0 Å². The zero-order valence-electron chi connectivity index (χ0n) is 6.86. The fourth-order valence-corrected chi connectivity index (χ4v) is 1.18. The van der Waals surface area contributed by atoms with Crippen LogP contribution < -0.4 is 0 Å². The molecule has 2 heteroatoms. The van der Waals surface area contributed by atoms with Gasteiger partial charge in [-0.3, -0.25) is 0 Å². The summed E-state index contributed by atoms with van der Waals surface area (Å²) >= 11 is 0. The maximum atomic E-state index is 4.24. The summed E-state index contributed by atoms with van der Waals surface area (Å²) in [4.78, 5) is 4.24. The van der Waals surface area contributed by atoms with Crippen LogP contribution in [0.15, 0.2) is 36.7 Å². The molecule has 0 bridgehead atoms. The molecule has 0 saturated heterocycles. The number of hydrogen-bond donors (Lipinski definition) is 0. The lowest BCUT2D eigenvalue weighted by atomic mass is 10.2. The van der Waals surface area contributed by atoms with E-state index in [1.807, 2.05) is 42.1 Å². The Morgan fingerprint density at radius 1 is 1.33 bits per heavy atom. The average molecular weight is 157 g/mol.